The topological polar surface area (TPSA) is 12.5 Å². The fraction of sp³-hybridized carbons (Fsp3) is 0.571. The third kappa shape index (κ3) is 2.76. The first-order valence-electron chi connectivity index (χ1n) is 6.25. The number of nitrogens with zero attached hydrogens (tertiary/aromatic N) is 1. The number of benzene rings is 1. The second-order valence-corrected chi connectivity index (χ2v) is 4.71. The maximum atomic E-state index is 6.06. The molecule has 1 aliphatic heterocycles. The minimum absolute atomic E-state index is 0.260. The van der Waals surface area contributed by atoms with E-state index in [4.69, 9.17) is 4.74 Å². The van der Waals surface area contributed by atoms with Crippen molar-refractivity contribution < 1.29 is 4.74 Å². The van der Waals surface area contributed by atoms with Crippen LogP contribution in [0.3, 0.4) is 0 Å². The second kappa shape index (κ2) is 5.35. The zero-order valence-electron chi connectivity index (χ0n) is 10.2. The smallest absolute Gasteiger partial charge is 0.152 e. The van der Waals surface area contributed by atoms with Gasteiger partial charge in [-0.15, -0.1) is 0 Å². The molecule has 0 spiro atoms. The van der Waals surface area contributed by atoms with Crippen molar-refractivity contribution in [3.63, 3.8) is 0 Å². The minimum atomic E-state index is 0.260. The van der Waals surface area contributed by atoms with Crippen LogP contribution in [0, 0.1) is 0 Å². The first-order valence-corrected chi connectivity index (χ1v) is 6.25. The highest BCUT2D eigenvalue weighted by molar-refractivity contribution is 5.21. The quantitative estimate of drug-likeness (QED) is 0.773. The van der Waals surface area contributed by atoms with Crippen molar-refractivity contribution in [1.29, 1.82) is 0 Å². The van der Waals surface area contributed by atoms with Crippen LogP contribution in [-0.4, -0.2) is 23.7 Å². The number of ether oxygens (including phenoxy) is 1. The Morgan fingerprint density at radius 1 is 1.19 bits per heavy atom. The Bertz CT molecular complexity index is 310. The molecule has 1 aliphatic rings. The summed E-state index contributed by atoms with van der Waals surface area (Å²) in [6.07, 6.45) is 3.98. The number of para-hydroxylation sites is 1. The van der Waals surface area contributed by atoms with Gasteiger partial charge in [-0.25, -0.2) is 0 Å². The SMILES string of the molecule is CC(C)N1CCCCC1Oc1ccccc1. The van der Waals surface area contributed by atoms with E-state index in [2.05, 4.69) is 18.7 Å². The van der Waals surface area contributed by atoms with Crippen molar-refractivity contribution in [3.05, 3.63) is 30.3 Å². The van der Waals surface area contributed by atoms with Crippen LogP contribution < -0.4 is 4.74 Å². The molecule has 0 aromatic heterocycles. The zero-order chi connectivity index (χ0) is 11.4. The van der Waals surface area contributed by atoms with E-state index < -0.39 is 0 Å². The van der Waals surface area contributed by atoms with Crippen LogP contribution >= 0.6 is 0 Å². The van der Waals surface area contributed by atoms with E-state index in [1.807, 2.05) is 30.3 Å². The standard InChI is InChI=1S/C14H21NO/c1-12(2)15-11-7-6-10-14(15)16-13-8-4-3-5-9-13/h3-5,8-9,12,14H,6-7,10-11H2,1-2H3. The van der Waals surface area contributed by atoms with E-state index >= 15 is 0 Å². The van der Waals surface area contributed by atoms with Crippen LogP contribution in [0.15, 0.2) is 30.3 Å². The summed E-state index contributed by atoms with van der Waals surface area (Å²) in [5.74, 6) is 0.986. The van der Waals surface area contributed by atoms with Crippen LogP contribution in [0.25, 0.3) is 0 Å². The van der Waals surface area contributed by atoms with Gasteiger partial charge in [0.05, 0.1) is 0 Å². The van der Waals surface area contributed by atoms with Gasteiger partial charge in [0.15, 0.2) is 6.23 Å². The van der Waals surface area contributed by atoms with Crippen molar-refractivity contribution in [1.82, 2.24) is 4.90 Å². The molecular weight excluding hydrogens is 198 g/mol. The van der Waals surface area contributed by atoms with E-state index in [1.54, 1.807) is 0 Å². The molecule has 16 heavy (non-hydrogen) atoms. The molecule has 2 rings (SSSR count). The normalized spacial score (nSPS) is 22.3. The first-order chi connectivity index (χ1) is 7.77. The summed E-state index contributed by atoms with van der Waals surface area (Å²) in [5.41, 5.74) is 0. The molecule has 0 N–H and O–H groups in total. The van der Waals surface area contributed by atoms with E-state index in [-0.39, 0.29) is 6.23 Å². The lowest BCUT2D eigenvalue weighted by atomic mass is 10.1. The molecule has 0 aliphatic carbocycles. The molecule has 0 saturated carbocycles. The van der Waals surface area contributed by atoms with Gasteiger partial charge in [-0.1, -0.05) is 18.2 Å². The third-order valence-electron chi connectivity index (χ3n) is 3.17. The summed E-state index contributed by atoms with van der Waals surface area (Å²) in [5, 5.41) is 0. The largest absolute Gasteiger partial charge is 0.475 e. The molecular formula is C14H21NO. The molecule has 0 radical (unpaired) electrons. The van der Waals surface area contributed by atoms with Gasteiger partial charge in [-0.2, -0.15) is 0 Å². The van der Waals surface area contributed by atoms with Crippen molar-refractivity contribution in [2.45, 2.75) is 45.4 Å². The van der Waals surface area contributed by atoms with E-state index in [0.717, 1.165) is 18.7 Å². The predicted octanol–water partition coefficient (Wildman–Crippen LogP) is 3.29. The van der Waals surface area contributed by atoms with Crippen molar-refractivity contribution in [2.24, 2.45) is 0 Å². The Morgan fingerprint density at radius 2 is 1.94 bits per heavy atom. The van der Waals surface area contributed by atoms with E-state index in [1.165, 1.54) is 12.8 Å². The van der Waals surface area contributed by atoms with Crippen LogP contribution in [-0.2, 0) is 0 Å². The molecule has 1 atom stereocenters. The summed E-state index contributed by atoms with van der Waals surface area (Å²) >= 11 is 0. The maximum Gasteiger partial charge on any atom is 0.152 e. The second-order valence-electron chi connectivity index (χ2n) is 4.71. The Kier molecular flexibility index (Phi) is 3.83. The van der Waals surface area contributed by atoms with Crippen molar-refractivity contribution >= 4 is 0 Å². The minimum Gasteiger partial charge on any atom is -0.475 e. The Hall–Kier alpha value is -1.02. The third-order valence-corrected chi connectivity index (χ3v) is 3.17. The van der Waals surface area contributed by atoms with Gasteiger partial charge in [0.25, 0.3) is 0 Å². The van der Waals surface area contributed by atoms with Gasteiger partial charge in [-0.05, 0) is 45.2 Å². The highest BCUT2D eigenvalue weighted by atomic mass is 16.5. The fourth-order valence-electron chi connectivity index (χ4n) is 2.30. The Labute approximate surface area is 98.2 Å². The number of rotatable bonds is 3. The molecule has 1 saturated heterocycles. The summed E-state index contributed by atoms with van der Waals surface area (Å²) in [7, 11) is 0. The van der Waals surface area contributed by atoms with Crippen LogP contribution in [0.2, 0.25) is 0 Å². The van der Waals surface area contributed by atoms with Crippen molar-refractivity contribution in [2.75, 3.05) is 6.54 Å². The van der Waals surface area contributed by atoms with Crippen LogP contribution in [0.1, 0.15) is 33.1 Å². The van der Waals surface area contributed by atoms with Gasteiger partial charge in [0.2, 0.25) is 0 Å². The Balaban J connectivity index is 2.01. The van der Waals surface area contributed by atoms with Gasteiger partial charge < -0.3 is 4.74 Å². The molecule has 1 aromatic carbocycles. The highest BCUT2D eigenvalue weighted by Gasteiger charge is 2.25. The number of likely N-dealkylation sites (tertiary alicyclic amines) is 1. The molecule has 1 aromatic rings. The lowest BCUT2D eigenvalue weighted by molar-refractivity contribution is -0.0234. The van der Waals surface area contributed by atoms with E-state index in [9.17, 15) is 0 Å². The lowest BCUT2D eigenvalue weighted by Gasteiger charge is -2.38. The van der Waals surface area contributed by atoms with Crippen LogP contribution in [0.4, 0.5) is 0 Å². The molecule has 1 heterocycles. The summed E-state index contributed by atoms with van der Waals surface area (Å²) < 4.78 is 6.06. The number of hydrogen-bond acceptors (Lipinski definition) is 2. The Morgan fingerprint density at radius 3 is 2.62 bits per heavy atom. The summed E-state index contributed by atoms with van der Waals surface area (Å²) in [6, 6.07) is 10.7. The molecule has 1 unspecified atom stereocenters. The van der Waals surface area contributed by atoms with Crippen molar-refractivity contribution in [3.8, 4) is 5.75 Å². The molecule has 0 amide bonds. The average molecular weight is 219 g/mol. The van der Waals surface area contributed by atoms with Gasteiger partial charge in [0.1, 0.15) is 5.75 Å². The van der Waals surface area contributed by atoms with Gasteiger partial charge >= 0.3 is 0 Å². The molecule has 2 nitrogen and oxygen atoms in total. The molecule has 88 valence electrons. The van der Waals surface area contributed by atoms with Gasteiger partial charge in [0, 0.05) is 12.6 Å². The maximum absolute atomic E-state index is 6.06. The average Bonchev–Trinajstić information content (AvgIpc) is 2.31. The number of hydrogen-bond donors (Lipinski definition) is 0. The predicted molar refractivity (Wildman–Crippen MR) is 66.6 cm³/mol. The fourth-order valence-corrected chi connectivity index (χ4v) is 2.30. The lowest BCUT2D eigenvalue weighted by Crippen LogP contribution is -2.46. The number of piperidine rings is 1. The summed E-state index contributed by atoms with van der Waals surface area (Å²) in [4.78, 5) is 2.45. The van der Waals surface area contributed by atoms with Gasteiger partial charge in [-0.3, -0.25) is 4.90 Å². The molecule has 1 fully saturated rings. The monoisotopic (exact) mass is 219 g/mol. The molecule has 2 heteroatoms. The first kappa shape index (κ1) is 11.5. The molecule has 0 bridgehead atoms. The summed E-state index contributed by atoms with van der Waals surface area (Å²) in [6.45, 7) is 5.65. The zero-order valence-corrected chi connectivity index (χ0v) is 10.2. The van der Waals surface area contributed by atoms with Crippen LogP contribution in [0.5, 0.6) is 5.75 Å². The van der Waals surface area contributed by atoms with E-state index in [0.29, 0.717) is 6.04 Å². The highest BCUT2D eigenvalue weighted by Crippen LogP contribution is 2.22.